The predicted octanol–water partition coefficient (Wildman–Crippen LogP) is -2.03. The van der Waals surface area contributed by atoms with Gasteiger partial charge in [0.2, 0.25) is 11.8 Å². The summed E-state index contributed by atoms with van der Waals surface area (Å²) < 4.78 is 0. The van der Waals surface area contributed by atoms with Crippen molar-refractivity contribution in [1.29, 1.82) is 0 Å². The molecule has 0 saturated heterocycles. The summed E-state index contributed by atoms with van der Waals surface area (Å²) >= 11 is 0. The number of Topliss-reactive ketones (excluding diaryl/α,β-unsaturated/α-hetero) is 1. The molecule has 0 aromatic heterocycles. The molecule has 1 aromatic carbocycles. The Morgan fingerprint density at radius 1 is 1.05 bits per heavy atom. The maximum Gasteiger partial charge on any atom is 1.00 e. The van der Waals surface area contributed by atoms with Gasteiger partial charge in [0.25, 0.3) is 0 Å². The fourth-order valence-corrected chi connectivity index (χ4v) is 1.80. The topological polar surface area (TPSA) is 111 Å². The number of benzene rings is 1. The third-order valence-electron chi connectivity index (χ3n) is 2.51. The molecule has 1 rings (SSSR count). The second kappa shape index (κ2) is 11.0. The van der Waals surface area contributed by atoms with E-state index in [2.05, 4.69) is 16.0 Å². The van der Waals surface area contributed by atoms with Crippen LogP contribution in [0.1, 0.15) is 12.5 Å². The number of ketones is 1. The molecular weight excluding hydrogens is 311 g/mol. The van der Waals surface area contributed by atoms with Crippen LogP contribution in [0.2, 0.25) is 0 Å². The zero-order valence-corrected chi connectivity index (χ0v) is 16.2. The van der Waals surface area contributed by atoms with Crippen molar-refractivity contribution in [2.75, 3.05) is 30.8 Å². The van der Waals surface area contributed by atoms with Crippen molar-refractivity contribution in [3.05, 3.63) is 29.5 Å². The van der Waals surface area contributed by atoms with Gasteiger partial charge in [-0.05, 0) is 37.7 Å². The number of hydrogen-bond donors (Lipinski definition) is 3. The van der Waals surface area contributed by atoms with Crippen LogP contribution >= 0.6 is 0 Å². The molecule has 22 heavy (non-hydrogen) atoms. The van der Waals surface area contributed by atoms with Crippen molar-refractivity contribution in [1.82, 2.24) is 5.32 Å². The van der Waals surface area contributed by atoms with Crippen molar-refractivity contribution < 1.29 is 65.8 Å². The number of likely N-dealkylation sites (N-methyl/N-ethyl adjacent to an activating group) is 1. The fraction of sp³-hybridized carbons (Fsp3) is 0.357. The van der Waals surface area contributed by atoms with E-state index >= 15 is 0 Å². The number of anilines is 2. The van der Waals surface area contributed by atoms with Gasteiger partial charge in [0.1, 0.15) is 5.78 Å². The minimum atomic E-state index is -0.456. The Morgan fingerprint density at radius 2 is 1.59 bits per heavy atom. The van der Waals surface area contributed by atoms with Gasteiger partial charge in [0, 0.05) is 17.8 Å². The van der Waals surface area contributed by atoms with Gasteiger partial charge < -0.3 is 21.7 Å². The monoisotopic (exact) mass is 330 g/mol. The molecular formula is C14H19KN4O3. The van der Waals surface area contributed by atoms with E-state index in [1.807, 2.05) is 0 Å². The first-order chi connectivity index (χ1) is 9.94. The maximum absolute atomic E-state index is 11.6. The van der Waals surface area contributed by atoms with Crippen LogP contribution in [0, 0.1) is 0 Å². The zero-order chi connectivity index (χ0) is 15.8. The number of hydrogen-bond acceptors (Lipinski definition) is 4. The molecule has 7 nitrogen and oxygen atoms in total. The second-order valence-electron chi connectivity index (χ2n) is 4.60. The molecule has 2 amide bonds. The first-order valence-corrected chi connectivity index (χ1v) is 6.47. The summed E-state index contributed by atoms with van der Waals surface area (Å²) in [5.74, 6) is -0.704. The molecule has 0 atom stereocenters. The Kier molecular flexibility index (Phi) is 10.7. The molecule has 0 aliphatic rings. The first kappa shape index (κ1) is 21.4. The quantitative estimate of drug-likeness (QED) is 0.501. The Bertz CT molecular complexity index is 549. The molecule has 0 heterocycles. The number of carbonyl (C=O) groups is 3. The van der Waals surface area contributed by atoms with Crippen LogP contribution in [0.25, 0.3) is 5.73 Å². The number of carbonyl (C=O) groups excluding carboxylic acids is 3. The molecule has 0 fully saturated rings. The van der Waals surface area contributed by atoms with Crippen LogP contribution in [0.3, 0.4) is 0 Å². The van der Waals surface area contributed by atoms with Gasteiger partial charge in [-0.25, -0.2) is 0 Å². The molecule has 0 radical (unpaired) electrons. The van der Waals surface area contributed by atoms with Crippen LogP contribution in [-0.4, -0.2) is 37.7 Å². The van der Waals surface area contributed by atoms with E-state index in [9.17, 15) is 14.4 Å². The van der Waals surface area contributed by atoms with Crippen LogP contribution in [0.5, 0.6) is 0 Å². The average Bonchev–Trinajstić information content (AvgIpc) is 2.37. The van der Waals surface area contributed by atoms with E-state index in [-0.39, 0.29) is 76.0 Å². The molecule has 1 aromatic rings. The molecule has 0 spiro atoms. The third kappa shape index (κ3) is 8.13. The van der Waals surface area contributed by atoms with E-state index in [1.165, 1.54) is 6.92 Å². The molecule has 0 unspecified atom stereocenters. The summed E-state index contributed by atoms with van der Waals surface area (Å²) in [5.41, 5.74) is 8.63. The van der Waals surface area contributed by atoms with Crippen molar-refractivity contribution in [3.63, 3.8) is 0 Å². The summed E-state index contributed by atoms with van der Waals surface area (Å²) in [4.78, 5) is 34.1. The largest absolute Gasteiger partial charge is 1.00 e. The molecule has 0 aliphatic carbocycles. The molecule has 0 saturated carbocycles. The summed E-state index contributed by atoms with van der Waals surface area (Å²) in [6.45, 7) is 1.23. The van der Waals surface area contributed by atoms with E-state index in [1.54, 1.807) is 25.2 Å². The minimum absolute atomic E-state index is 0. The maximum atomic E-state index is 11.6. The first-order valence-electron chi connectivity index (χ1n) is 6.47. The number of rotatable bonds is 7. The standard InChI is InChI=1S/C14H19N4O3.K/c1-9(19)3-10-4-11(17-13(20)7-15)6-12(5-10)18-14(21)8-16-2;/h4-6,15-16H,3,7-8H2,1-2H3,(H,17,20)(H,18,21);/q-1;+1. The Morgan fingerprint density at radius 3 is 2.05 bits per heavy atom. The van der Waals surface area contributed by atoms with Crippen LogP contribution < -0.4 is 67.3 Å². The molecule has 0 bridgehead atoms. The van der Waals surface area contributed by atoms with Gasteiger partial charge in [-0.15, -0.1) is 0 Å². The van der Waals surface area contributed by atoms with Gasteiger partial charge in [0.15, 0.2) is 0 Å². The minimum Gasteiger partial charge on any atom is -0.670 e. The normalized spacial score (nSPS) is 9.59. The SMILES string of the molecule is CNCC(=O)Nc1cc(CC(C)=O)cc(NC(=O)C[NH-])c1.[K+]. The average molecular weight is 330 g/mol. The summed E-state index contributed by atoms with van der Waals surface area (Å²) in [5, 5.41) is 7.95. The van der Waals surface area contributed by atoms with Gasteiger partial charge in [-0.3, -0.25) is 14.4 Å². The molecule has 114 valence electrons. The van der Waals surface area contributed by atoms with Crippen molar-refractivity contribution in [2.45, 2.75) is 13.3 Å². The zero-order valence-electron chi connectivity index (χ0n) is 13.1. The molecule has 4 N–H and O–H groups in total. The fourth-order valence-electron chi connectivity index (χ4n) is 1.80. The van der Waals surface area contributed by atoms with Crippen LogP contribution in [-0.2, 0) is 20.8 Å². The summed E-state index contributed by atoms with van der Waals surface area (Å²) in [7, 11) is 1.66. The van der Waals surface area contributed by atoms with E-state index in [0.29, 0.717) is 16.9 Å². The van der Waals surface area contributed by atoms with E-state index in [0.717, 1.165) is 0 Å². The Balaban J connectivity index is 0.00000441. The number of nitrogens with one attached hydrogen (secondary N) is 4. The van der Waals surface area contributed by atoms with Crippen LogP contribution in [0.4, 0.5) is 11.4 Å². The van der Waals surface area contributed by atoms with Gasteiger partial charge in [-0.2, -0.15) is 0 Å². The van der Waals surface area contributed by atoms with Crippen molar-refractivity contribution in [2.24, 2.45) is 0 Å². The van der Waals surface area contributed by atoms with Gasteiger partial charge >= 0.3 is 51.4 Å². The predicted molar refractivity (Wildman–Crippen MR) is 81.2 cm³/mol. The van der Waals surface area contributed by atoms with E-state index in [4.69, 9.17) is 5.73 Å². The van der Waals surface area contributed by atoms with Crippen LogP contribution in [0.15, 0.2) is 18.2 Å². The number of amides is 2. The van der Waals surface area contributed by atoms with E-state index < -0.39 is 12.5 Å². The van der Waals surface area contributed by atoms with Crippen molar-refractivity contribution in [3.8, 4) is 0 Å². The Hall–Kier alpha value is -0.614. The smallest absolute Gasteiger partial charge is 0.670 e. The Labute approximate surface area is 172 Å². The third-order valence-corrected chi connectivity index (χ3v) is 2.51. The summed E-state index contributed by atoms with van der Waals surface area (Å²) in [6, 6.07) is 4.93. The van der Waals surface area contributed by atoms with Crippen molar-refractivity contribution >= 4 is 29.0 Å². The summed E-state index contributed by atoms with van der Waals surface area (Å²) in [6.07, 6.45) is 0.208. The molecule has 8 heteroatoms. The second-order valence-corrected chi connectivity index (χ2v) is 4.60. The molecule has 0 aliphatic heterocycles. The van der Waals surface area contributed by atoms with Gasteiger partial charge in [0.05, 0.1) is 6.54 Å². The van der Waals surface area contributed by atoms with Gasteiger partial charge in [-0.1, -0.05) is 6.54 Å².